The van der Waals surface area contributed by atoms with Crippen molar-refractivity contribution in [2.75, 3.05) is 0 Å². The highest BCUT2D eigenvalue weighted by Gasteiger charge is 2.38. The standard InChI is InChI=1S/C15H10F6N2O3/c16-14(17,18)7-1-10(22-5-7)12(25)3-9(24)4-13(26)11-2-8(6-23-11)15(19,20)21/h1-2,5-6,10-11H,3-4H2. The van der Waals surface area contributed by atoms with Gasteiger partial charge in [-0.1, -0.05) is 0 Å². The van der Waals surface area contributed by atoms with Gasteiger partial charge in [0.15, 0.2) is 11.6 Å². The van der Waals surface area contributed by atoms with E-state index in [1.165, 1.54) is 0 Å². The number of hydrogen-bond acceptors (Lipinski definition) is 5. The summed E-state index contributed by atoms with van der Waals surface area (Å²) in [4.78, 5) is 41.9. The van der Waals surface area contributed by atoms with Gasteiger partial charge in [-0.05, 0) is 12.2 Å². The fourth-order valence-corrected chi connectivity index (χ4v) is 2.18. The molecule has 2 heterocycles. The Balaban J connectivity index is 1.90. The van der Waals surface area contributed by atoms with E-state index in [9.17, 15) is 40.7 Å². The van der Waals surface area contributed by atoms with E-state index in [0.29, 0.717) is 24.6 Å². The van der Waals surface area contributed by atoms with Crippen LogP contribution in [0.15, 0.2) is 33.3 Å². The third-order valence-corrected chi connectivity index (χ3v) is 3.48. The van der Waals surface area contributed by atoms with Crippen molar-refractivity contribution >= 4 is 29.8 Å². The van der Waals surface area contributed by atoms with Gasteiger partial charge >= 0.3 is 12.4 Å². The van der Waals surface area contributed by atoms with Crippen LogP contribution in [0.4, 0.5) is 26.3 Å². The Bertz CT molecular complexity index is 696. The average Bonchev–Trinajstić information content (AvgIpc) is 3.15. The molecule has 0 amide bonds. The normalized spacial score (nSPS) is 22.4. The lowest BCUT2D eigenvalue weighted by Crippen LogP contribution is -2.23. The second-order valence-electron chi connectivity index (χ2n) is 5.51. The number of alkyl halides is 6. The molecule has 0 fully saturated rings. The van der Waals surface area contributed by atoms with Crippen molar-refractivity contribution in [2.24, 2.45) is 9.98 Å². The smallest absolute Gasteiger partial charge is 0.299 e. The van der Waals surface area contributed by atoms with Gasteiger partial charge in [0.1, 0.15) is 17.9 Å². The van der Waals surface area contributed by atoms with Crippen LogP contribution in [-0.2, 0) is 14.4 Å². The minimum absolute atomic E-state index is 0.467. The van der Waals surface area contributed by atoms with Crippen LogP contribution in [0, 0.1) is 0 Å². The molecule has 0 aromatic carbocycles. The van der Waals surface area contributed by atoms with Gasteiger partial charge in [-0.15, -0.1) is 0 Å². The Morgan fingerprint density at radius 3 is 1.38 bits per heavy atom. The van der Waals surface area contributed by atoms with Crippen LogP contribution in [0.25, 0.3) is 0 Å². The van der Waals surface area contributed by atoms with Crippen LogP contribution in [-0.4, -0.2) is 54.2 Å². The van der Waals surface area contributed by atoms with Crippen molar-refractivity contribution in [1.82, 2.24) is 0 Å². The van der Waals surface area contributed by atoms with Gasteiger partial charge in [-0.2, -0.15) is 26.3 Å². The maximum atomic E-state index is 12.4. The van der Waals surface area contributed by atoms with Crippen molar-refractivity contribution in [3.8, 4) is 0 Å². The molecule has 0 bridgehead atoms. The lowest BCUT2D eigenvalue weighted by molar-refractivity contribution is -0.130. The monoisotopic (exact) mass is 380 g/mol. The summed E-state index contributed by atoms with van der Waals surface area (Å²) in [5.74, 6) is -2.83. The number of hydrogen-bond donors (Lipinski definition) is 0. The van der Waals surface area contributed by atoms with E-state index in [0.717, 1.165) is 0 Å². The maximum absolute atomic E-state index is 12.4. The first-order valence-electron chi connectivity index (χ1n) is 7.09. The third kappa shape index (κ3) is 4.73. The van der Waals surface area contributed by atoms with Crippen molar-refractivity contribution < 1.29 is 40.7 Å². The fraction of sp³-hybridized carbons (Fsp3) is 0.400. The second kappa shape index (κ2) is 6.96. The highest BCUT2D eigenvalue weighted by atomic mass is 19.4. The van der Waals surface area contributed by atoms with E-state index in [2.05, 4.69) is 9.98 Å². The van der Waals surface area contributed by atoms with E-state index in [1.54, 1.807) is 0 Å². The molecule has 26 heavy (non-hydrogen) atoms. The molecule has 0 aromatic heterocycles. The molecule has 0 radical (unpaired) electrons. The van der Waals surface area contributed by atoms with Crippen molar-refractivity contribution in [3.05, 3.63) is 23.3 Å². The molecule has 2 aliphatic rings. The molecule has 0 aliphatic carbocycles. The van der Waals surface area contributed by atoms with Crippen LogP contribution in [0.5, 0.6) is 0 Å². The summed E-state index contributed by atoms with van der Waals surface area (Å²) < 4.78 is 74.6. The Morgan fingerprint density at radius 1 is 0.769 bits per heavy atom. The summed E-state index contributed by atoms with van der Waals surface area (Å²) in [6.45, 7) is 0. The van der Waals surface area contributed by atoms with Gasteiger partial charge in [0.2, 0.25) is 0 Å². The van der Waals surface area contributed by atoms with Crippen LogP contribution in [0.2, 0.25) is 0 Å². The quantitative estimate of drug-likeness (QED) is 0.524. The van der Waals surface area contributed by atoms with Crippen LogP contribution in [0.3, 0.4) is 0 Å². The average molecular weight is 380 g/mol. The molecule has 0 spiro atoms. The minimum atomic E-state index is -4.68. The number of carbonyl (C=O) groups excluding carboxylic acids is 3. The zero-order valence-corrected chi connectivity index (χ0v) is 12.8. The van der Waals surface area contributed by atoms with Crippen LogP contribution in [0.1, 0.15) is 12.8 Å². The summed E-state index contributed by atoms with van der Waals surface area (Å²) in [6, 6.07) is -2.96. The molecule has 2 rings (SSSR count). The van der Waals surface area contributed by atoms with Gasteiger partial charge in [0, 0.05) is 12.4 Å². The molecule has 140 valence electrons. The highest BCUT2D eigenvalue weighted by molar-refractivity contribution is 6.12. The third-order valence-electron chi connectivity index (χ3n) is 3.48. The van der Waals surface area contributed by atoms with E-state index >= 15 is 0 Å². The summed E-state index contributed by atoms with van der Waals surface area (Å²) in [5, 5.41) is 0. The summed E-state index contributed by atoms with van der Waals surface area (Å²) in [6.07, 6.45) is -9.04. The number of nitrogens with zero attached hydrogens (tertiary/aromatic N) is 2. The Morgan fingerprint density at radius 2 is 1.12 bits per heavy atom. The fourth-order valence-electron chi connectivity index (χ4n) is 2.18. The van der Waals surface area contributed by atoms with Crippen molar-refractivity contribution in [2.45, 2.75) is 37.3 Å². The van der Waals surface area contributed by atoms with Crippen molar-refractivity contribution in [3.63, 3.8) is 0 Å². The van der Waals surface area contributed by atoms with E-state index < -0.39 is 65.8 Å². The lowest BCUT2D eigenvalue weighted by atomic mass is 10.0. The van der Waals surface area contributed by atoms with Gasteiger partial charge in [0.05, 0.1) is 24.0 Å². The maximum Gasteiger partial charge on any atom is 0.417 e. The zero-order valence-electron chi connectivity index (χ0n) is 12.8. The number of halogens is 6. The highest BCUT2D eigenvalue weighted by Crippen LogP contribution is 2.29. The molecule has 0 aromatic rings. The van der Waals surface area contributed by atoms with E-state index in [-0.39, 0.29) is 0 Å². The molecule has 0 N–H and O–H groups in total. The van der Waals surface area contributed by atoms with Crippen LogP contribution < -0.4 is 0 Å². The molecule has 2 atom stereocenters. The van der Waals surface area contributed by atoms with E-state index in [1.807, 2.05) is 0 Å². The van der Waals surface area contributed by atoms with Gasteiger partial charge in [0.25, 0.3) is 0 Å². The first-order valence-corrected chi connectivity index (χ1v) is 7.09. The van der Waals surface area contributed by atoms with Crippen LogP contribution >= 0.6 is 0 Å². The lowest BCUT2D eigenvalue weighted by Gasteiger charge is -2.06. The number of allylic oxidation sites excluding steroid dienone is 2. The summed E-state index contributed by atoms with van der Waals surface area (Å²) >= 11 is 0. The summed E-state index contributed by atoms with van der Waals surface area (Å²) in [5.41, 5.74) is -2.24. The summed E-state index contributed by atoms with van der Waals surface area (Å²) in [7, 11) is 0. The number of ketones is 3. The van der Waals surface area contributed by atoms with Gasteiger partial charge in [-0.25, -0.2) is 0 Å². The van der Waals surface area contributed by atoms with E-state index in [4.69, 9.17) is 0 Å². The SMILES string of the molecule is O=C(CC(=O)C1C=C(C(F)(F)F)C=N1)CC(=O)C1C=C(C(F)(F)F)C=N1. The predicted molar refractivity (Wildman–Crippen MR) is 77.1 cm³/mol. The zero-order chi connectivity index (χ0) is 19.7. The number of rotatable bonds is 6. The molecule has 0 saturated heterocycles. The molecular weight excluding hydrogens is 370 g/mol. The Labute approximate surface area is 142 Å². The van der Waals surface area contributed by atoms with Gasteiger partial charge < -0.3 is 0 Å². The Hall–Kier alpha value is -2.59. The topological polar surface area (TPSA) is 75.9 Å². The van der Waals surface area contributed by atoms with Crippen molar-refractivity contribution in [1.29, 1.82) is 0 Å². The molecule has 2 aliphatic heterocycles. The van der Waals surface area contributed by atoms with Gasteiger partial charge in [-0.3, -0.25) is 24.4 Å². The molecule has 11 heteroatoms. The second-order valence-corrected chi connectivity index (χ2v) is 5.51. The number of carbonyl (C=O) groups is 3. The first kappa shape index (κ1) is 19.7. The molecular formula is C15H10F6N2O3. The number of Topliss-reactive ketones (excluding diaryl/α,β-unsaturated/α-hetero) is 3. The molecule has 2 unspecified atom stereocenters. The largest absolute Gasteiger partial charge is 0.417 e. The Kier molecular flexibility index (Phi) is 5.28. The predicted octanol–water partition coefficient (Wildman–Crippen LogP) is 2.36. The number of aliphatic imine (C=N–C) groups is 2. The molecule has 0 saturated carbocycles. The molecule has 5 nitrogen and oxygen atoms in total. The minimum Gasteiger partial charge on any atom is -0.299 e. The first-order chi connectivity index (χ1) is 11.9.